The standard InChI is InChI=1S/C11H13N5/c1-3-13-11-15-6-8(2)10(16-11)9-7-12-4-5-14-9/h4-7H,3H2,1-2H3,(H,13,15,16). The lowest BCUT2D eigenvalue weighted by Gasteiger charge is -2.06. The molecule has 0 unspecified atom stereocenters. The van der Waals surface area contributed by atoms with Gasteiger partial charge in [-0.1, -0.05) is 0 Å². The fourth-order valence-electron chi connectivity index (χ4n) is 1.37. The van der Waals surface area contributed by atoms with Gasteiger partial charge in [-0.25, -0.2) is 9.97 Å². The van der Waals surface area contributed by atoms with Gasteiger partial charge in [-0.15, -0.1) is 0 Å². The topological polar surface area (TPSA) is 63.6 Å². The van der Waals surface area contributed by atoms with Gasteiger partial charge < -0.3 is 5.32 Å². The first-order valence-electron chi connectivity index (χ1n) is 5.15. The largest absolute Gasteiger partial charge is 0.354 e. The van der Waals surface area contributed by atoms with E-state index in [1.807, 2.05) is 13.8 Å². The summed E-state index contributed by atoms with van der Waals surface area (Å²) in [6.45, 7) is 4.76. The third-order valence-electron chi connectivity index (χ3n) is 2.11. The van der Waals surface area contributed by atoms with Gasteiger partial charge in [0.2, 0.25) is 5.95 Å². The van der Waals surface area contributed by atoms with Crippen LogP contribution in [0.2, 0.25) is 0 Å². The van der Waals surface area contributed by atoms with Crippen LogP contribution in [0, 0.1) is 6.92 Å². The van der Waals surface area contributed by atoms with Gasteiger partial charge in [0.1, 0.15) is 5.69 Å². The van der Waals surface area contributed by atoms with Gasteiger partial charge >= 0.3 is 0 Å². The summed E-state index contributed by atoms with van der Waals surface area (Å²) in [4.78, 5) is 16.9. The van der Waals surface area contributed by atoms with Gasteiger partial charge in [0.15, 0.2) is 0 Å². The molecule has 5 heteroatoms. The molecule has 0 aromatic carbocycles. The number of anilines is 1. The summed E-state index contributed by atoms with van der Waals surface area (Å²) < 4.78 is 0. The van der Waals surface area contributed by atoms with Crippen LogP contribution in [0.15, 0.2) is 24.8 Å². The summed E-state index contributed by atoms with van der Waals surface area (Å²) in [5.74, 6) is 0.619. The number of rotatable bonds is 3. The highest BCUT2D eigenvalue weighted by Crippen LogP contribution is 2.18. The minimum Gasteiger partial charge on any atom is -0.354 e. The summed E-state index contributed by atoms with van der Waals surface area (Å²) in [6, 6.07) is 0. The van der Waals surface area contributed by atoms with Crippen molar-refractivity contribution >= 4 is 5.95 Å². The Hall–Kier alpha value is -2.04. The molecule has 82 valence electrons. The molecule has 0 aliphatic carbocycles. The SMILES string of the molecule is CCNc1ncc(C)c(-c2cnccn2)n1. The fourth-order valence-corrected chi connectivity index (χ4v) is 1.37. The number of nitrogens with one attached hydrogen (secondary N) is 1. The number of nitrogens with zero attached hydrogens (tertiary/aromatic N) is 4. The van der Waals surface area contributed by atoms with Crippen LogP contribution < -0.4 is 5.32 Å². The molecular weight excluding hydrogens is 202 g/mol. The fraction of sp³-hybridized carbons (Fsp3) is 0.273. The zero-order chi connectivity index (χ0) is 11.4. The average molecular weight is 215 g/mol. The maximum absolute atomic E-state index is 4.41. The molecule has 2 aromatic heterocycles. The van der Waals surface area contributed by atoms with Crippen molar-refractivity contribution in [1.29, 1.82) is 0 Å². The van der Waals surface area contributed by atoms with Crippen molar-refractivity contribution in [2.24, 2.45) is 0 Å². The molecule has 16 heavy (non-hydrogen) atoms. The third-order valence-corrected chi connectivity index (χ3v) is 2.11. The zero-order valence-electron chi connectivity index (χ0n) is 9.31. The Balaban J connectivity index is 2.43. The average Bonchev–Trinajstić information content (AvgIpc) is 2.33. The van der Waals surface area contributed by atoms with Crippen molar-refractivity contribution in [2.75, 3.05) is 11.9 Å². The van der Waals surface area contributed by atoms with E-state index in [0.717, 1.165) is 23.5 Å². The van der Waals surface area contributed by atoms with Crippen LogP contribution in [0.25, 0.3) is 11.4 Å². The Morgan fingerprint density at radius 3 is 2.75 bits per heavy atom. The van der Waals surface area contributed by atoms with E-state index >= 15 is 0 Å². The Kier molecular flexibility index (Phi) is 3.05. The second-order valence-corrected chi connectivity index (χ2v) is 3.35. The lowest BCUT2D eigenvalue weighted by Crippen LogP contribution is -2.04. The monoisotopic (exact) mass is 215 g/mol. The van der Waals surface area contributed by atoms with E-state index < -0.39 is 0 Å². The van der Waals surface area contributed by atoms with Gasteiger partial charge in [0, 0.05) is 25.1 Å². The number of hydrogen-bond acceptors (Lipinski definition) is 5. The second-order valence-electron chi connectivity index (χ2n) is 3.35. The van der Waals surface area contributed by atoms with Crippen LogP contribution in [0.3, 0.4) is 0 Å². The first-order valence-corrected chi connectivity index (χ1v) is 5.15. The van der Waals surface area contributed by atoms with Gasteiger partial charge in [-0.3, -0.25) is 9.97 Å². The van der Waals surface area contributed by atoms with Crippen LogP contribution in [-0.2, 0) is 0 Å². The molecule has 0 saturated carbocycles. The highest BCUT2D eigenvalue weighted by Gasteiger charge is 2.06. The zero-order valence-corrected chi connectivity index (χ0v) is 9.31. The highest BCUT2D eigenvalue weighted by molar-refractivity contribution is 5.58. The number of aromatic nitrogens is 4. The van der Waals surface area contributed by atoms with Gasteiger partial charge in [-0.2, -0.15) is 0 Å². The van der Waals surface area contributed by atoms with Crippen molar-refractivity contribution in [3.05, 3.63) is 30.4 Å². The van der Waals surface area contributed by atoms with Crippen LogP contribution in [0.1, 0.15) is 12.5 Å². The van der Waals surface area contributed by atoms with Gasteiger partial charge in [-0.05, 0) is 19.4 Å². The summed E-state index contributed by atoms with van der Waals surface area (Å²) in [6.07, 6.45) is 6.79. The van der Waals surface area contributed by atoms with Crippen molar-refractivity contribution in [1.82, 2.24) is 19.9 Å². The predicted molar refractivity (Wildman–Crippen MR) is 62.0 cm³/mol. The molecule has 1 N–H and O–H groups in total. The maximum Gasteiger partial charge on any atom is 0.223 e. The summed E-state index contributed by atoms with van der Waals surface area (Å²) in [5, 5.41) is 3.07. The molecule has 0 atom stereocenters. The van der Waals surface area contributed by atoms with Crippen molar-refractivity contribution in [2.45, 2.75) is 13.8 Å². The Labute approximate surface area is 94.0 Å². The summed E-state index contributed by atoms with van der Waals surface area (Å²) in [7, 11) is 0. The molecule has 0 radical (unpaired) electrons. The Bertz CT molecular complexity index is 469. The molecule has 0 bridgehead atoms. The summed E-state index contributed by atoms with van der Waals surface area (Å²) in [5.41, 5.74) is 2.57. The van der Waals surface area contributed by atoms with E-state index in [9.17, 15) is 0 Å². The molecule has 0 aliphatic rings. The Morgan fingerprint density at radius 1 is 1.19 bits per heavy atom. The first kappa shape index (κ1) is 10.5. The van der Waals surface area contributed by atoms with E-state index in [0.29, 0.717) is 5.95 Å². The molecule has 0 spiro atoms. The van der Waals surface area contributed by atoms with Crippen molar-refractivity contribution in [3.63, 3.8) is 0 Å². The van der Waals surface area contributed by atoms with Crippen LogP contribution in [0.5, 0.6) is 0 Å². The van der Waals surface area contributed by atoms with E-state index in [-0.39, 0.29) is 0 Å². The van der Waals surface area contributed by atoms with E-state index in [1.54, 1.807) is 24.8 Å². The lowest BCUT2D eigenvalue weighted by molar-refractivity contribution is 1.06. The Morgan fingerprint density at radius 2 is 2.06 bits per heavy atom. The minimum absolute atomic E-state index is 0.619. The third kappa shape index (κ3) is 2.13. The highest BCUT2D eigenvalue weighted by atomic mass is 15.1. The van der Waals surface area contributed by atoms with Gasteiger partial charge in [0.05, 0.1) is 11.9 Å². The van der Waals surface area contributed by atoms with Crippen LogP contribution >= 0.6 is 0 Å². The first-order chi connectivity index (χ1) is 7.81. The van der Waals surface area contributed by atoms with Crippen molar-refractivity contribution < 1.29 is 0 Å². The molecule has 2 aromatic rings. The predicted octanol–water partition coefficient (Wildman–Crippen LogP) is 1.67. The lowest BCUT2D eigenvalue weighted by atomic mass is 10.2. The molecule has 5 nitrogen and oxygen atoms in total. The smallest absolute Gasteiger partial charge is 0.223 e. The molecule has 0 amide bonds. The van der Waals surface area contributed by atoms with E-state index in [1.165, 1.54) is 0 Å². The van der Waals surface area contributed by atoms with Crippen LogP contribution in [0.4, 0.5) is 5.95 Å². The minimum atomic E-state index is 0.619. The maximum atomic E-state index is 4.41. The van der Waals surface area contributed by atoms with Crippen LogP contribution in [-0.4, -0.2) is 26.5 Å². The normalized spacial score (nSPS) is 10.1. The molecule has 2 heterocycles. The van der Waals surface area contributed by atoms with E-state index in [2.05, 4.69) is 25.3 Å². The molecule has 0 fully saturated rings. The second kappa shape index (κ2) is 4.65. The molecular formula is C11H13N5. The van der Waals surface area contributed by atoms with Crippen molar-refractivity contribution in [3.8, 4) is 11.4 Å². The summed E-state index contributed by atoms with van der Waals surface area (Å²) >= 11 is 0. The number of aryl methyl sites for hydroxylation is 1. The van der Waals surface area contributed by atoms with Gasteiger partial charge in [0.25, 0.3) is 0 Å². The molecule has 2 rings (SSSR count). The molecule has 0 saturated heterocycles. The number of hydrogen-bond donors (Lipinski definition) is 1. The quantitative estimate of drug-likeness (QED) is 0.843. The van der Waals surface area contributed by atoms with E-state index in [4.69, 9.17) is 0 Å². The molecule has 0 aliphatic heterocycles.